The normalized spacial score (nSPS) is 11.9. The molecule has 0 fully saturated rings. The van der Waals surface area contributed by atoms with Gasteiger partial charge in [0.15, 0.2) is 0 Å². The van der Waals surface area contributed by atoms with E-state index < -0.39 is 31.4 Å². The predicted molar refractivity (Wildman–Crippen MR) is 72.4 cm³/mol. The molecular formula is C11H14N2O6S. The van der Waals surface area contributed by atoms with Crippen LogP contribution in [0, 0.1) is 10.1 Å². The molecule has 0 spiro atoms. The minimum Gasteiger partial charge on any atom is -0.478 e. The fourth-order valence-electron chi connectivity index (χ4n) is 1.21. The minimum atomic E-state index is -3.89. The van der Waals surface area contributed by atoms with Crippen molar-refractivity contribution in [2.75, 3.05) is 4.72 Å². The van der Waals surface area contributed by atoms with Crippen LogP contribution in [0.3, 0.4) is 0 Å². The van der Waals surface area contributed by atoms with Crippen molar-refractivity contribution in [3.05, 3.63) is 33.9 Å². The van der Waals surface area contributed by atoms with Crippen LogP contribution in [0.5, 0.6) is 0 Å². The van der Waals surface area contributed by atoms with Gasteiger partial charge < -0.3 is 5.11 Å². The fourth-order valence-corrected chi connectivity index (χ4v) is 1.98. The molecule has 20 heavy (non-hydrogen) atoms. The second-order valence-electron chi connectivity index (χ2n) is 5.01. The van der Waals surface area contributed by atoms with Crippen molar-refractivity contribution >= 4 is 27.4 Å². The van der Waals surface area contributed by atoms with Crippen LogP contribution >= 0.6 is 0 Å². The molecule has 0 radical (unpaired) electrons. The number of carboxylic acid groups (broad SMARTS) is 1. The molecule has 8 nitrogen and oxygen atoms in total. The number of aromatic carboxylic acids is 1. The summed E-state index contributed by atoms with van der Waals surface area (Å²) in [6, 6.07) is 2.87. The lowest BCUT2D eigenvalue weighted by Gasteiger charge is -2.21. The van der Waals surface area contributed by atoms with Crippen molar-refractivity contribution in [2.45, 2.75) is 25.5 Å². The molecule has 0 atom stereocenters. The van der Waals surface area contributed by atoms with Gasteiger partial charge in [-0.1, -0.05) is 0 Å². The first-order valence-electron chi connectivity index (χ1n) is 5.50. The van der Waals surface area contributed by atoms with E-state index in [2.05, 4.69) is 4.72 Å². The summed E-state index contributed by atoms with van der Waals surface area (Å²) in [5.41, 5.74) is -1.09. The van der Waals surface area contributed by atoms with Gasteiger partial charge in [0.1, 0.15) is 0 Å². The molecule has 0 saturated carbocycles. The van der Waals surface area contributed by atoms with Crippen LogP contribution in [-0.4, -0.2) is 29.2 Å². The first-order valence-corrected chi connectivity index (χ1v) is 6.98. The van der Waals surface area contributed by atoms with Gasteiger partial charge in [-0.2, -0.15) is 0 Å². The van der Waals surface area contributed by atoms with E-state index in [4.69, 9.17) is 5.11 Å². The van der Waals surface area contributed by atoms with Gasteiger partial charge in [-0.25, -0.2) is 13.2 Å². The Bertz CT molecular complexity index is 660. The summed E-state index contributed by atoms with van der Waals surface area (Å²) in [4.78, 5) is 21.0. The number of non-ortho nitro benzene ring substituents is 1. The molecule has 0 aliphatic heterocycles. The number of rotatable bonds is 4. The maximum absolute atomic E-state index is 12.0. The average Bonchev–Trinajstić information content (AvgIpc) is 2.26. The zero-order chi connectivity index (χ0) is 15.7. The Kier molecular flexibility index (Phi) is 4.04. The molecule has 1 rings (SSSR count). The highest BCUT2D eigenvalue weighted by atomic mass is 32.2. The van der Waals surface area contributed by atoms with E-state index in [-0.39, 0.29) is 11.3 Å². The number of nitro groups is 1. The molecule has 0 aliphatic carbocycles. The van der Waals surface area contributed by atoms with Crippen LogP contribution < -0.4 is 4.72 Å². The van der Waals surface area contributed by atoms with Crippen LogP contribution in [0.1, 0.15) is 31.1 Å². The molecule has 0 aromatic heterocycles. The lowest BCUT2D eigenvalue weighted by atomic mass is 10.1. The summed E-state index contributed by atoms with van der Waals surface area (Å²) in [5, 5.41) is 19.7. The fraction of sp³-hybridized carbons (Fsp3) is 0.364. The van der Waals surface area contributed by atoms with Crippen LogP contribution in [0.2, 0.25) is 0 Å². The third-order valence-electron chi connectivity index (χ3n) is 2.49. The third kappa shape index (κ3) is 3.23. The minimum absolute atomic E-state index is 0.332. The summed E-state index contributed by atoms with van der Waals surface area (Å²) < 4.78 is 24.9. The van der Waals surface area contributed by atoms with Crippen LogP contribution in [0.25, 0.3) is 0 Å². The van der Waals surface area contributed by atoms with Gasteiger partial charge in [-0.3, -0.25) is 14.8 Å². The molecule has 1 aromatic rings. The van der Waals surface area contributed by atoms with E-state index in [0.29, 0.717) is 0 Å². The Balaban J connectivity index is 3.39. The molecule has 2 N–H and O–H groups in total. The molecule has 0 saturated heterocycles. The summed E-state index contributed by atoms with van der Waals surface area (Å²) in [6.07, 6.45) is 0. The molecule has 0 aliphatic rings. The number of hydrogen-bond donors (Lipinski definition) is 2. The second-order valence-corrected chi connectivity index (χ2v) is 7.45. The van der Waals surface area contributed by atoms with Gasteiger partial charge in [0, 0.05) is 12.1 Å². The lowest BCUT2D eigenvalue weighted by molar-refractivity contribution is -0.384. The Morgan fingerprint density at radius 1 is 1.35 bits per heavy atom. The number of benzene rings is 1. The van der Waals surface area contributed by atoms with E-state index in [1.807, 2.05) is 0 Å². The number of anilines is 1. The number of carboxylic acids is 1. The molecule has 110 valence electrons. The zero-order valence-electron chi connectivity index (χ0n) is 11.1. The first kappa shape index (κ1) is 15.9. The smallest absolute Gasteiger partial charge is 0.337 e. The predicted octanol–water partition coefficient (Wildman–Crippen LogP) is 1.83. The van der Waals surface area contributed by atoms with Gasteiger partial charge in [-0.15, -0.1) is 0 Å². The van der Waals surface area contributed by atoms with Crippen molar-refractivity contribution in [1.82, 2.24) is 0 Å². The maximum atomic E-state index is 12.0. The number of nitrogens with one attached hydrogen (secondary N) is 1. The van der Waals surface area contributed by atoms with Crippen LogP contribution in [0.15, 0.2) is 18.2 Å². The van der Waals surface area contributed by atoms with E-state index >= 15 is 0 Å². The largest absolute Gasteiger partial charge is 0.478 e. The van der Waals surface area contributed by atoms with Gasteiger partial charge in [0.05, 0.1) is 20.9 Å². The van der Waals surface area contributed by atoms with Crippen LogP contribution in [0.4, 0.5) is 11.4 Å². The second kappa shape index (κ2) is 5.08. The summed E-state index contributed by atoms with van der Waals surface area (Å²) >= 11 is 0. The van der Waals surface area contributed by atoms with E-state index in [0.717, 1.165) is 18.2 Å². The quantitative estimate of drug-likeness (QED) is 0.645. The molecule has 0 unspecified atom stereocenters. The number of nitro benzene ring substituents is 1. The Morgan fingerprint density at radius 2 is 1.90 bits per heavy atom. The van der Waals surface area contributed by atoms with Crippen molar-refractivity contribution in [3.63, 3.8) is 0 Å². The summed E-state index contributed by atoms with van der Waals surface area (Å²) in [6.45, 7) is 4.27. The number of nitrogens with zero attached hydrogens (tertiary/aromatic N) is 1. The summed E-state index contributed by atoms with van der Waals surface area (Å²) in [7, 11) is -3.89. The third-order valence-corrected chi connectivity index (χ3v) is 4.60. The van der Waals surface area contributed by atoms with E-state index in [9.17, 15) is 23.3 Å². The Labute approximate surface area is 115 Å². The molecular weight excluding hydrogens is 288 g/mol. The van der Waals surface area contributed by atoms with Crippen molar-refractivity contribution in [2.24, 2.45) is 0 Å². The van der Waals surface area contributed by atoms with Gasteiger partial charge in [0.25, 0.3) is 5.69 Å². The highest BCUT2D eigenvalue weighted by Crippen LogP contribution is 2.26. The number of carbonyl (C=O) groups is 1. The monoisotopic (exact) mass is 302 g/mol. The zero-order valence-corrected chi connectivity index (χ0v) is 11.9. The Morgan fingerprint density at radius 3 is 2.30 bits per heavy atom. The van der Waals surface area contributed by atoms with Gasteiger partial charge >= 0.3 is 5.97 Å². The molecule has 9 heteroatoms. The van der Waals surface area contributed by atoms with Crippen LogP contribution in [-0.2, 0) is 10.0 Å². The van der Waals surface area contributed by atoms with E-state index in [1.165, 1.54) is 20.8 Å². The molecule has 0 amide bonds. The topological polar surface area (TPSA) is 127 Å². The molecule has 0 heterocycles. The first-order chi connectivity index (χ1) is 8.95. The lowest BCUT2D eigenvalue weighted by Crippen LogP contribution is -2.34. The highest BCUT2D eigenvalue weighted by Gasteiger charge is 2.30. The average molecular weight is 302 g/mol. The molecule has 1 aromatic carbocycles. The van der Waals surface area contributed by atoms with Gasteiger partial charge in [-0.05, 0) is 26.8 Å². The highest BCUT2D eigenvalue weighted by molar-refractivity contribution is 7.94. The van der Waals surface area contributed by atoms with Crippen molar-refractivity contribution in [1.29, 1.82) is 0 Å². The van der Waals surface area contributed by atoms with E-state index in [1.54, 1.807) is 0 Å². The Hall–Kier alpha value is -2.16. The standard InChI is InChI=1S/C11H14N2O6S/c1-11(2,3)20(18,19)12-9-6-7(13(16)17)4-5-8(9)10(14)15/h4-6,12H,1-3H3,(H,14,15). The maximum Gasteiger partial charge on any atom is 0.337 e. The molecule has 0 bridgehead atoms. The van der Waals surface area contributed by atoms with Crippen molar-refractivity contribution < 1.29 is 23.2 Å². The number of sulfonamides is 1. The summed E-state index contributed by atoms with van der Waals surface area (Å²) in [5.74, 6) is -1.38. The number of hydrogen-bond acceptors (Lipinski definition) is 5. The SMILES string of the molecule is CC(C)(C)S(=O)(=O)Nc1cc([N+](=O)[O-])ccc1C(=O)O. The van der Waals surface area contributed by atoms with Gasteiger partial charge in [0.2, 0.25) is 10.0 Å². The van der Waals surface area contributed by atoms with Crippen molar-refractivity contribution in [3.8, 4) is 0 Å².